The van der Waals surface area contributed by atoms with E-state index in [1.54, 1.807) is 17.3 Å². The van der Waals surface area contributed by atoms with Crippen molar-refractivity contribution in [2.75, 3.05) is 0 Å². The van der Waals surface area contributed by atoms with Crippen LogP contribution in [0.15, 0.2) is 30.6 Å². The molecule has 2 unspecified atom stereocenters. The van der Waals surface area contributed by atoms with Crippen LogP contribution in [-0.2, 0) is 13.1 Å². The lowest BCUT2D eigenvalue weighted by atomic mass is 9.95. The molecule has 136 valence electrons. The van der Waals surface area contributed by atoms with Crippen molar-refractivity contribution in [3.63, 3.8) is 0 Å². The Balaban J connectivity index is 1.53. The predicted molar refractivity (Wildman–Crippen MR) is 95.7 cm³/mol. The highest BCUT2D eigenvalue weighted by Crippen LogP contribution is 2.32. The van der Waals surface area contributed by atoms with Gasteiger partial charge in [-0.2, -0.15) is 0 Å². The Bertz CT molecular complexity index is 806. The van der Waals surface area contributed by atoms with E-state index in [1.807, 2.05) is 25.1 Å². The number of aromatic nitrogens is 2. The van der Waals surface area contributed by atoms with Crippen LogP contribution < -0.4 is 4.74 Å². The van der Waals surface area contributed by atoms with Crippen molar-refractivity contribution < 1.29 is 14.6 Å². The van der Waals surface area contributed by atoms with Crippen molar-refractivity contribution in [1.29, 1.82) is 0 Å². The number of hydrogen-bond donors (Lipinski definition) is 1. The molecule has 1 fully saturated rings. The van der Waals surface area contributed by atoms with Crippen molar-refractivity contribution in [1.82, 2.24) is 14.9 Å². The molecule has 2 aromatic rings. The summed E-state index contributed by atoms with van der Waals surface area (Å²) in [6.45, 7) is 2.98. The van der Waals surface area contributed by atoms with Gasteiger partial charge in [-0.1, -0.05) is 12.5 Å². The van der Waals surface area contributed by atoms with Gasteiger partial charge in [0.05, 0.1) is 6.10 Å². The van der Waals surface area contributed by atoms with Crippen LogP contribution in [0.3, 0.4) is 0 Å². The lowest BCUT2D eigenvalue weighted by Crippen LogP contribution is -2.35. The molecule has 6 heteroatoms. The van der Waals surface area contributed by atoms with E-state index >= 15 is 0 Å². The van der Waals surface area contributed by atoms with E-state index in [9.17, 15) is 9.90 Å². The second-order valence-electron chi connectivity index (χ2n) is 7.13. The van der Waals surface area contributed by atoms with Crippen molar-refractivity contribution in [2.24, 2.45) is 0 Å². The van der Waals surface area contributed by atoms with Gasteiger partial charge in [-0.05, 0) is 49.4 Å². The average molecular weight is 353 g/mol. The summed E-state index contributed by atoms with van der Waals surface area (Å²) in [6, 6.07) is 5.81. The average Bonchev–Trinajstić information content (AvgIpc) is 2.96. The Morgan fingerprint density at radius 3 is 2.85 bits per heavy atom. The van der Waals surface area contributed by atoms with Gasteiger partial charge in [0.15, 0.2) is 0 Å². The molecule has 0 radical (unpaired) electrons. The molecule has 0 saturated heterocycles. The summed E-state index contributed by atoms with van der Waals surface area (Å²) < 4.78 is 5.97. The number of carbonyl (C=O) groups excluding carboxylic acids is 1. The summed E-state index contributed by atoms with van der Waals surface area (Å²) >= 11 is 0. The first-order chi connectivity index (χ1) is 12.6. The number of carbonyl (C=O) groups is 1. The fourth-order valence-electron chi connectivity index (χ4n) is 3.66. The predicted octanol–water partition coefficient (Wildman–Crippen LogP) is 2.62. The Labute approximate surface area is 152 Å². The molecule has 0 bridgehead atoms. The molecule has 1 aliphatic heterocycles. The second kappa shape index (κ2) is 7.03. The monoisotopic (exact) mass is 353 g/mol. The third-order valence-electron chi connectivity index (χ3n) is 5.14. The molecule has 3 heterocycles. The zero-order valence-corrected chi connectivity index (χ0v) is 14.9. The molecular weight excluding hydrogens is 330 g/mol. The van der Waals surface area contributed by atoms with Gasteiger partial charge in [0.2, 0.25) is 5.88 Å². The molecule has 4 rings (SSSR count). The number of hydrogen-bond acceptors (Lipinski definition) is 5. The van der Waals surface area contributed by atoms with E-state index in [4.69, 9.17) is 4.74 Å². The summed E-state index contributed by atoms with van der Waals surface area (Å²) in [6.07, 6.45) is 6.27. The second-order valence-corrected chi connectivity index (χ2v) is 7.13. The van der Waals surface area contributed by atoms with Gasteiger partial charge in [0.25, 0.3) is 5.91 Å². The van der Waals surface area contributed by atoms with E-state index < -0.39 is 6.10 Å². The molecule has 2 atom stereocenters. The van der Waals surface area contributed by atoms with Crippen LogP contribution in [-0.4, -0.2) is 38.1 Å². The molecule has 1 aliphatic carbocycles. The summed E-state index contributed by atoms with van der Waals surface area (Å²) in [5.74, 6) is 0.275. The minimum atomic E-state index is -0.493. The van der Waals surface area contributed by atoms with Gasteiger partial charge in [0.1, 0.15) is 11.7 Å². The number of rotatable bonds is 4. The summed E-state index contributed by atoms with van der Waals surface area (Å²) in [5, 5.41) is 10.2. The van der Waals surface area contributed by atoms with E-state index in [-0.39, 0.29) is 12.0 Å². The molecule has 0 aromatic carbocycles. The number of pyridine rings is 2. The number of aryl methyl sites for hydroxylation is 1. The number of aliphatic hydroxyl groups excluding tert-OH is 1. The van der Waals surface area contributed by atoms with Gasteiger partial charge in [0, 0.05) is 31.2 Å². The lowest BCUT2D eigenvalue weighted by molar-refractivity contribution is 0.00397. The zero-order chi connectivity index (χ0) is 18.1. The molecule has 2 aromatic heterocycles. The Kier molecular flexibility index (Phi) is 4.59. The third-order valence-corrected chi connectivity index (χ3v) is 5.14. The quantitative estimate of drug-likeness (QED) is 0.914. The number of amides is 1. The maximum Gasteiger partial charge on any atom is 0.260 e. The Morgan fingerprint density at radius 2 is 2.08 bits per heavy atom. The first-order valence-corrected chi connectivity index (χ1v) is 9.15. The van der Waals surface area contributed by atoms with Gasteiger partial charge in [-0.25, -0.2) is 4.98 Å². The highest BCUT2D eigenvalue weighted by molar-refractivity contribution is 6.00. The molecule has 1 amide bonds. The third kappa shape index (κ3) is 3.29. The Hall–Kier alpha value is -2.47. The number of aliphatic hydroxyl groups is 1. The van der Waals surface area contributed by atoms with Crippen LogP contribution in [0.4, 0.5) is 0 Å². The first kappa shape index (κ1) is 17.0. The minimum absolute atomic E-state index is 0.0750. The highest BCUT2D eigenvalue weighted by atomic mass is 16.5. The van der Waals surface area contributed by atoms with Gasteiger partial charge < -0.3 is 14.7 Å². The smallest absolute Gasteiger partial charge is 0.260 e. The largest absolute Gasteiger partial charge is 0.471 e. The standard InChI is InChI=1S/C20H23N3O3/c1-13-6-7-14(10-22-13)11-23-12-15-8-9-21-19(18(15)20(23)25)26-17-5-3-2-4-16(17)24/h6-10,16-17,24H,2-5,11-12H2,1H3. The number of fused-ring (bicyclic) bond motifs is 1. The molecular formula is C20H23N3O3. The minimum Gasteiger partial charge on any atom is -0.471 e. The highest BCUT2D eigenvalue weighted by Gasteiger charge is 2.34. The van der Waals surface area contributed by atoms with E-state index in [0.29, 0.717) is 24.5 Å². The maximum atomic E-state index is 12.9. The van der Waals surface area contributed by atoms with Crippen molar-refractivity contribution in [3.8, 4) is 5.88 Å². The van der Waals surface area contributed by atoms with Crippen LogP contribution in [0, 0.1) is 6.92 Å². The van der Waals surface area contributed by atoms with Gasteiger partial charge in [-0.3, -0.25) is 9.78 Å². The van der Waals surface area contributed by atoms with Crippen molar-refractivity contribution in [3.05, 3.63) is 53.0 Å². The number of ether oxygens (including phenoxy) is 1. The fraction of sp³-hybridized carbons (Fsp3) is 0.450. The van der Waals surface area contributed by atoms with Crippen molar-refractivity contribution >= 4 is 5.91 Å². The molecule has 2 aliphatic rings. The number of nitrogens with zero attached hydrogens (tertiary/aromatic N) is 3. The zero-order valence-electron chi connectivity index (χ0n) is 14.9. The van der Waals surface area contributed by atoms with Crippen LogP contribution >= 0.6 is 0 Å². The summed E-state index contributed by atoms with van der Waals surface area (Å²) in [5.41, 5.74) is 3.40. The SMILES string of the molecule is Cc1ccc(CN2Cc3ccnc(OC4CCCCC4O)c3C2=O)cn1. The normalized spacial score (nSPS) is 22.4. The van der Waals surface area contributed by atoms with Crippen LogP contribution in [0.2, 0.25) is 0 Å². The van der Waals surface area contributed by atoms with Crippen LogP contribution in [0.5, 0.6) is 5.88 Å². The summed E-state index contributed by atoms with van der Waals surface area (Å²) in [7, 11) is 0. The Morgan fingerprint density at radius 1 is 1.23 bits per heavy atom. The van der Waals surface area contributed by atoms with Gasteiger partial charge in [-0.15, -0.1) is 0 Å². The molecule has 0 spiro atoms. The lowest BCUT2D eigenvalue weighted by Gasteiger charge is -2.28. The van der Waals surface area contributed by atoms with E-state index in [1.165, 1.54) is 0 Å². The maximum absolute atomic E-state index is 12.9. The molecule has 6 nitrogen and oxygen atoms in total. The van der Waals surface area contributed by atoms with Crippen LogP contribution in [0.1, 0.15) is 52.9 Å². The van der Waals surface area contributed by atoms with Crippen molar-refractivity contribution in [2.45, 2.75) is 57.9 Å². The molecule has 1 saturated carbocycles. The van der Waals surface area contributed by atoms with E-state index in [0.717, 1.165) is 42.5 Å². The molecule has 26 heavy (non-hydrogen) atoms. The summed E-state index contributed by atoms with van der Waals surface area (Å²) in [4.78, 5) is 23.3. The van der Waals surface area contributed by atoms with Crippen LogP contribution in [0.25, 0.3) is 0 Å². The van der Waals surface area contributed by atoms with Gasteiger partial charge >= 0.3 is 0 Å². The molecule has 1 N–H and O–H groups in total. The first-order valence-electron chi connectivity index (χ1n) is 9.15. The topological polar surface area (TPSA) is 75.6 Å². The van der Waals surface area contributed by atoms with E-state index in [2.05, 4.69) is 9.97 Å². The fourth-order valence-corrected chi connectivity index (χ4v) is 3.66.